The lowest BCUT2D eigenvalue weighted by Gasteiger charge is -2.12. The van der Waals surface area contributed by atoms with Gasteiger partial charge in [-0.1, -0.05) is 6.92 Å². The number of carbonyl (C=O) groups excluding carboxylic acids is 2. The number of rotatable bonds is 5. The third-order valence-electron chi connectivity index (χ3n) is 1.51. The van der Waals surface area contributed by atoms with Crippen molar-refractivity contribution < 1.29 is 19.1 Å². The summed E-state index contributed by atoms with van der Waals surface area (Å²) < 4.78 is 9.69. The summed E-state index contributed by atoms with van der Waals surface area (Å²) in [4.78, 5) is 22.4. The molecule has 0 aromatic carbocycles. The fourth-order valence-corrected chi connectivity index (χ4v) is 0.758. The van der Waals surface area contributed by atoms with Crippen molar-refractivity contribution in [2.24, 2.45) is 5.92 Å². The number of esters is 2. The van der Waals surface area contributed by atoms with Crippen LogP contribution in [-0.2, 0) is 19.1 Å². The first-order valence-corrected chi connectivity index (χ1v) is 4.86. The molecule has 0 bridgehead atoms. The van der Waals surface area contributed by atoms with Gasteiger partial charge in [0.2, 0.25) is 0 Å². The Balaban J connectivity index is 3.97. The highest BCUT2D eigenvalue weighted by Gasteiger charge is 2.24. The van der Waals surface area contributed by atoms with Crippen molar-refractivity contribution in [1.82, 2.24) is 0 Å². The van der Waals surface area contributed by atoms with Gasteiger partial charge in [0.25, 0.3) is 0 Å². The van der Waals surface area contributed by atoms with Gasteiger partial charge in [0.1, 0.15) is 0 Å². The zero-order valence-corrected chi connectivity index (χ0v) is 9.20. The molecule has 4 heteroatoms. The van der Waals surface area contributed by atoms with Gasteiger partial charge in [0, 0.05) is 0 Å². The fraction of sp³-hybridized carbons (Fsp3) is 0.800. The van der Waals surface area contributed by atoms with E-state index in [-0.39, 0.29) is 6.10 Å². The average molecular weight is 202 g/mol. The Bertz CT molecular complexity index is 198. The van der Waals surface area contributed by atoms with Crippen molar-refractivity contribution in [3.8, 4) is 0 Å². The standard InChI is InChI=1S/C10H18O4/c1-5-6-13-9(11)8(4)10(12)14-7(2)3/h7-8H,5-6H2,1-4H3. The quantitative estimate of drug-likeness (QED) is 0.501. The van der Waals surface area contributed by atoms with Crippen molar-refractivity contribution in [3.63, 3.8) is 0 Å². The molecular weight excluding hydrogens is 184 g/mol. The van der Waals surface area contributed by atoms with Crippen LogP contribution < -0.4 is 0 Å². The van der Waals surface area contributed by atoms with E-state index in [1.807, 2.05) is 6.92 Å². The molecule has 0 aromatic rings. The molecule has 0 aliphatic carbocycles. The van der Waals surface area contributed by atoms with Crippen LogP contribution in [0.25, 0.3) is 0 Å². The summed E-state index contributed by atoms with van der Waals surface area (Å²) in [5.74, 6) is -1.87. The van der Waals surface area contributed by atoms with Gasteiger partial charge in [-0.25, -0.2) is 0 Å². The van der Waals surface area contributed by atoms with Crippen molar-refractivity contribution in [2.75, 3.05) is 6.61 Å². The molecule has 0 heterocycles. The van der Waals surface area contributed by atoms with E-state index in [2.05, 4.69) is 0 Å². The first-order chi connectivity index (χ1) is 6.49. The zero-order valence-electron chi connectivity index (χ0n) is 9.20. The molecule has 0 N–H and O–H groups in total. The van der Waals surface area contributed by atoms with E-state index in [0.717, 1.165) is 6.42 Å². The molecule has 0 radical (unpaired) electrons. The van der Waals surface area contributed by atoms with E-state index in [9.17, 15) is 9.59 Å². The van der Waals surface area contributed by atoms with Gasteiger partial charge in [-0.2, -0.15) is 0 Å². The lowest BCUT2D eigenvalue weighted by Crippen LogP contribution is -2.27. The van der Waals surface area contributed by atoms with E-state index >= 15 is 0 Å². The number of carbonyl (C=O) groups is 2. The maximum Gasteiger partial charge on any atom is 0.320 e. The zero-order chi connectivity index (χ0) is 11.1. The summed E-state index contributed by atoms with van der Waals surface area (Å²) in [7, 11) is 0. The molecule has 1 unspecified atom stereocenters. The van der Waals surface area contributed by atoms with Crippen LogP contribution in [0.4, 0.5) is 0 Å². The normalized spacial score (nSPS) is 12.4. The van der Waals surface area contributed by atoms with Gasteiger partial charge in [-0.15, -0.1) is 0 Å². The minimum Gasteiger partial charge on any atom is -0.465 e. The maximum absolute atomic E-state index is 11.2. The molecule has 1 atom stereocenters. The Morgan fingerprint density at radius 3 is 2.14 bits per heavy atom. The lowest BCUT2D eigenvalue weighted by atomic mass is 10.2. The van der Waals surface area contributed by atoms with Crippen molar-refractivity contribution in [3.05, 3.63) is 0 Å². The summed E-state index contributed by atoms with van der Waals surface area (Å²) in [5, 5.41) is 0. The maximum atomic E-state index is 11.2. The summed E-state index contributed by atoms with van der Waals surface area (Å²) in [6.07, 6.45) is 0.543. The molecule has 14 heavy (non-hydrogen) atoms. The van der Waals surface area contributed by atoms with Crippen molar-refractivity contribution in [2.45, 2.75) is 40.2 Å². The number of ether oxygens (including phenoxy) is 2. The van der Waals surface area contributed by atoms with E-state index < -0.39 is 17.9 Å². The highest BCUT2D eigenvalue weighted by Crippen LogP contribution is 2.04. The average Bonchev–Trinajstić information content (AvgIpc) is 2.11. The third-order valence-corrected chi connectivity index (χ3v) is 1.51. The molecule has 82 valence electrons. The topological polar surface area (TPSA) is 52.6 Å². The summed E-state index contributed by atoms with van der Waals surface area (Å²) in [6, 6.07) is 0. The summed E-state index contributed by atoms with van der Waals surface area (Å²) >= 11 is 0. The molecule has 0 aliphatic rings. The van der Waals surface area contributed by atoms with Crippen LogP contribution in [-0.4, -0.2) is 24.6 Å². The second-order valence-corrected chi connectivity index (χ2v) is 3.37. The SMILES string of the molecule is CCCOC(=O)C(C)C(=O)OC(C)C. The van der Waals surface area contributed by atoms with Gasteiger partial charge in [-0.3, -0.25) is 9.59 Å². The monoisotopic (exact) mass is 202 g/mol. The van der Waals surface area contributed by atoms with Crippen LogP contribution >= 0.6 is 0 Å². The van der Waals surface area contributed by atoms with Crippen molar-refractivity contribution >= 4 is 11.9 Å². The third kappa shape index (κ3) is 4.84. The molecule has 0 amide bonds. The first-order valence-electron chi connectivity index (χ1n) is 4.86. The molecule has 0 fully saturated rings. The summed E-state index contributed by atoms with van der Waals surface area (Å²) in [6.45, 7) is 7.20. The number of hydrogen-bond donors (Lipinski definition) is 0. The Morgan fingerprint density at radius 2 is 1.71 bits per heavy atom. The Labute approximate surface area is 84.6 Å². The Kier molecular flexibility index (Phi) is 5.92. The lowest BCUT2D eigenvalue weighted by molar-refractivity contribution is -0.163. The van der Waals surface area contributed by atoms with Crippen LogP contribution in [0.5, 0.6) is 0 Å². The van der Waals surface area contributed by atoms with E-state index in [1.165, 1.54) is 6.92 Å². The molecule has 0 aliphatic heterocycles. The molecule has 4 nitrogen and oxygen atoms in total. The minimum absolute atomic E-state index is 0.205. The van der Waals surface area contributed by atoms with Gasteiger partial charge >= 0.3 is 11.9 Å². The van der Waals surface area contributed by atoms with Gasteiger partial charge in [-0.05, 0) is 27.2 Å². The smallest absolute Gasteiger partial charge is 0.320 e. The van der Waals surface area contributed by atoms with E-state index in [1.54, 1.807) is 13.8 Å². The van der Waals surface area contributed by atoms with Crippen LogP contribution in [0.2, 0.25) is 0 Å². The fourth-order valence-electron chi connectivity index (χ4n) is 0.758. The van der Waals surface area contributed by atoms with E-state index in [0.29, 0.717) is 6.61 Å². The first kappa shape index (κ1) is 12.9. The minimum atomic E-state index is -0.830. The molecule has 0 saturated heterocycles. The highest BCUT2D eigenvalue weighted by molar-refractivity contribution is 5.94. The van der Waals surface area contributed by atoms with Crippen LogP contribution in [0.15, 0.2) is 0 Å². The van der Waals surface area contributed by atoms with Gasteiger partial charge < -0.3 is 9.47 Å². The van der Waals surface area contributed by atoms with E-state index in [4.69, 9.17) is 9.47 Å². The predicted octanol–water partition coefficient (Wildman–Crippen LogP) is 1.53. The van der Waals surface area contributed by atoms with Crippen LogP contribution in [0.1, 0.15) is 34.1 Å². The van der Waals surface area contributed by atoms with Crippen LogP contribution in [0.3, 0.4) is 0 Å². The summed E-state index contributed by atoms with van der Waals surface area (Å²) in [5.41, 5.74) is 0. The second-order valence-electron chi connectivity index (χ2n) is 3.37. The van der Waals surface area contributed by atoms with Crippen molar-refractivity contribution in [1.29, 1.82) is 0 Å². The Morgan fingerprint density at radius 1 is 1.14 bits per heavy atom. The van der Waals surface area contributed by atoms with Gasteiger partial charge in [0.15, 0.2) is 5.92 Å². The van der Waals surface area contributed by atoms with Crippen LogP contribution in [0, 0.1) is 5.92 Å². The largest absolute Gasteiger partial charge is 0.465 e. The van der Waals surface area contributed by atoms with Gasteiger partial charge in [0.05, 0.1) is 12.7 Å². The molecule has 0 aromatic heterocycles. The Hall–Kier alpha value is -1.06. The predicted molar refractivity (Wildman–Crippen MR) is 51.6 cm³/mol. The number of hydrogen-bond acceptors (Lipinski definition) is 4. The molecule has 0 saturated carbocycles. The molecular formula is C10H18O4. The molecule has 0 rings (SSSR count). The second kappa shape index (κ2) is 6.40. The highest BCUT2D eigenvalue weighted by atomic mass is 16.6. The molecule has 0 spiro atoms.